The van der Waals surface area contributed by atoms with Crippen molar-refractivity contribution in [1.29, 1.82) is 0 Å². The summed E-state index contributed by atoms with van der Waals surface area (Å²) < 4.78 is 29.1. The predicted molar refractivity (Wildman–Crippen MR) is 87.3 cm³/mol. The summed E-state index contributed by atoms with van der Waals surface area (Å²) in [7, 11) is -3.42. The van der Waals surface area contributed by atoms with E-state index >= 15 is 0 Å². The number of nitrogens with two attached hydrogens (primary N) is 1. The van der Waals surface area contributed by atoms with Crippen LogP contribution in [0.4, 0.5) is 0 Å². The fraction of sp³-hybridized carbons (Fsp3) is 0.714. The van der Waals surface area contributed by atoms with Crippen LogP contribution in [0.3, 0.4) is 0 Å². The van der Waals surface area contributed by atoms with Gasteiger partial charge in [-0.25, -0.2) is 0 Å². The summed E-state index contributed by atoms with van der Waals surface area (Å²) >= 11 is 1.59. The third kappa shape index (κ3) is 4.04. The lowest BCUT2D eigenvalue weighted by molar-refractivity contribution is 0.238. The van der Waals surface area contributed by atoms with Crippen molar-refractivity contribution in [3.63, 3.8) is 0 Å². The summed E-state index contributed by atoms with van der Waals surface area (Å²) in [5, 5.41) is 1.98. The van der Waals surface area contributed by atoms with E-state index in [4.69, 9.17) is 5.73 Å². The molecule has 21 heavy (non-hydrogen) atoms. The molecule has 1 aromatic rings. The van der Waals surface area contributed by atoms with E-state index in [2.05, 4.69) is 0 Å². The Hall–Kier alpha value is -0.470. The highest BCUT2D eigenvalue weighted by Crippen LogP contribution is 2.24. The zero-order chi connectivity index (χ0) is 15.5. The van der Waals surface area contributed by atoms with E-state index in [0.717, 1.165) is 17.7 Å². The van der Waals surface area contributed by atoms with Crippen LogP contribution in [0.2, 0.25) is 0 Å². The van der Waals surface area contributed by atoms with Crippen molar-refractivity contribution >= 4 is 21.5 Å². The van der Waals surface area contributed by atoms with Gasteiger partial charge < -0.3 is 5.73 Å². The first-order valence-corrected chi connectivity index (χ1v) is 9.72. The highest BCUT2D eigenvalue weighted by Gasteiger charge is 2.34. The van der Waals surface area contributed by atoms with Gasteiger partial charge in [-0.15, -0.1) is 11.3 Å². The molecule has 1 aliphatic heterocycles. The number of hydrogen-bond acceptors (Lipinski definition) is 4. The lowest BCUT2D eigenvalue weighted by Gasteiger charge is -2.36. The zero-order valence-corrected chi connectivity index (χ0v) is 14.4. The lowest BCUT2D eigenvalue weighted by Crippen LogP contribution is -2.50. The highest BCUT2D eigenvalue weighted by molar-refractivity contribution is 7.86. The number of rotatable bonds is 6. The van der Waals surface area contributed by atoms with E-state index in [-0.39, 0.29) is 12.0 Å². The molecule has 2 heterocycles. The second kappa shape index (κ2) is 7.19. The number of hydrogen-bond donors (Lipinski definition) is 1. The molecule has 0 aromatic carbocycles. The second-order valence-electron chi connectivity index (χ2n) is 5.83. The first-order chi connectivity index (χ1) is 9.95. The van der Waals surface area contributed by atoms with Crippen LogP contribution in [0.15, 0.2) is 17.5 Å². The molecule has 1 atom stereocenters. The molecule has 2 N–H and O–H groups in total. The van der Waals surface area contributed by atoms with Crippen LogP contribution in [0, 0.1) is 5.92 Å². The topological polar surface area (TPSA) is 66.6 Å². The molecule has 0 radical (unpaired) electrons. The molecule has 120 valence electrons. The molecule has 1 aliphatic rings. The Bertz CT molecular complexity index is 528. The van der Waals surface area contributed by atoms with Crippen LogP contribution >= 0.6 is 11.3 Å². The molecule has 0 saturated carbocycles. The minimum Gasteiger partial charge on any atom is -0.330 e. The third-order valence-corrected chi connectivity index (χ3v) is 6.89. The Balaban J connectivity index is 2.17. The van der Waals surface area contributed by atoms with Gasteiger partial charge in [-0.05, 0) is 50.6 Å². The fourth-order valence-electron chi connectivity index (χ4n) is 2.66. The van der Waals surface area contributed by atoms with Crippen molar-refractivity contribution in [2.45, 2.75) is 39.3 Å². The van der Waals surface area contributed by atoms with Gasteiger partial charge in [0.15, 0.2) is 0 Å². The zero-order valence-electron chi connectivity index (χ0n) is 12.7. The summed E-state index contributed by atoms with van der Waals surface area (Å²) in [4.78, 5) is 1.07. The largest absolute Gasteiger partial charge is 0.330 e. The molecule has 2 rings (SSSR count). The van der Waals surface area contributed by atoms with Crippen molar-refractivity contribution in [2.75, 3.05) is 19.6 Å². The second-order valence-corrected chi connectivity index (χ2v) is 8.74. The molecule has 1 unspecified atom stereocenters. The van der Waals surface area contributed by atoms with Crippen LogP contribution in [0.5, 0.6) is 0 Å². The number of piperidine rings is 1. The van der Waals surface area contributed by atoms with Gasteiger partial charge in [-0.1, -0.05) is 6.07 Å². The Morgan fingerprint density at radius 1 is 1.52 bits per heavy atom. The van der Waals surface area contributed by atoms with Crippen LogP contribution in [0.25, 0.3) is 0 Å². The third-order valence-electron chi connectivity index (χ3n) is 3.91. The van der Waals surface area contributed by atoms with Crippen molar-refractivity contribution in [1.82, 2.24) is 8.61 Å². The molecule has 0 amide bonds. The van der Waals surface area contributed by atoms with E-state index in [0.29, 0.717) is 26.2 Å². The van der Waals surface area contributed by atoms with Crippen LogP contribution < -0.4 is 5.73 Å². The molecule has 1 aromatic heterocycles. The van der Waals surface area contributed by atoms with E-state index in [1.54, 1.807) is 19.9 Å². The molecule has 7 heteroatoms. The van der Waals surface area contributed by atoms with Crippen LogP contribution in [-0.2, 0) is 16.8 Å². The van der Waals surface area contributed by atoms with Crippen molar-refractivity contribution in [3.8, 4) is 0 Å². The summed E-state index contributed by atoms with van der Waals surface area (Å²) in [6.45, 7) is 6.00. The molecule has 1 fully saturated rings. The average molecular weight is 332 g/mol. The van der Waals surface area contributed by atoms with Gasteiger partial charge in [0, 0.05) is 30.6 Å². The first kappa shape index (κ1) is 16.9. The summed E-state index contributed by atoms with van der Waals surface area (Å²) in [6.07, 6.45) is 1.92. The van der Waals surface area contributed by atoms with E-state index in [1.165, 1.54) is 0 Å². The summed E-state index contributed by atoms with van der Waals surface area (Å²) in [6, 6.07) is 3.88. The Kier molecular flexibility index (Phi) is 5.79. The quantitative estimate of drug-likeness (QED) is 0.865. The van der Waals surface area contributed by atoms with Crippen molar-refractivity contribution < 1.29 is 8.42 Å². The standard InChI is InChI=1S/C14H25N3O2S2/c1-12(2)17(11-14-6-4-8-20-14)21(18,19)16-7-3-5-13(9-15)10-16/h4,6,8,12-13H,3,5,7,9-11,15H2,1-2H3. The predicted octanol–water partition coefficient (Wildman–Crippen LogP) is 1.87. The smallest absolute Gasteiger partial charge is 0.282 e. The maximum Gasteiger partial charge on any atom is 0.282 e. The Morgan fingerprint density at radius 3 is 2.86 bits per heavy atom. The molecule has 1 saturated heterocycles. The Labute approximate surface area is 131 Å². The molecule has 0 spiro atoms. The van der Waals surface area contributed by atoms with Gasteiger partial charge in [0.1, 0.15) is 0 Å². The lowest BCUT2D eigenvalue weighted by atomic mass is 10.0. The number of nitrogens with zero attached hydrogens (tertiary/aromatic N) is 2. The van der Waals surface area contributed by atoms with Gasteiger partial charge in [0.25, 0.3) is 10.2 Å². The van der Waals surface area contributed by atoms with Crippen molar-refractivity contribution in [3.05, 3.63) is 22.4 Å². The van der Waals surface area contributed by atoms with E-state index < -0.39 is 10.2 Å². The van der Waals surface area contributed by atoms with E-state index in [9.17, 15) is 8.42 Å². The minimum absolute atomic E-state index is 0.0599. The molecule has 0 aliphatic carbocycles. The van der Waals surface area contributed by atoms with E-state index in [1.807, 2.05) is 31.4 Å². The summed E-state index contributed by atoms with van der Waals surface area (Å²) in [5.41, 5.74) is 5.72. The molecular weight excluding hydrogens is 306 g/mol. The van der Waals surface area contributed by atoms with Crippen LogP contribution in [0.1, 0.15) is 31.6 Å². The number of thiophene rings is 1. The van der Waals surface area contributed by atoms with Gasteiger partial charge in [0.05, 0.1) is 0 Å². The van der Waals surface area contributed by atoms with Gasteiger partial charge >= 0.3 is 0 Å². The van der Waals surface area contributed by atoms with Gasteiger partial charge in [-0.3, -0.25) is 0 Å². The van der Waals surface area contributed by atoms with Crippen LogP contribution in [-0.4, -0.2) is 42.7 Å². The maximum atomic E-state index is 12.9. The highest BCUT2D eigenvalue weighted by atomic mass is 32.2. The fourth-order valence-corrected chi connectivity index (χ4v) is 5.34. The minimum atomic E-state index is -3.42. The molecular formula is C14H25N3O2S2. The normalized spacial score (nSPS) is 21.3. The summed E-state index contributed by atoms with van der Waals surface area (Å²) in [5.74, 6) is 0.282. The first-order valence-electron chi connectivity index (χ1n) is 7.44. The average Bonchev–Trinajstić information content (AvgIpc) is 2.97. The monoisotopic (exact) mass is 331 g/mol. The molecule has 0 bridgehead atoms. The van der Waals surface area contributed by atoms with Crippen molar-refractivity contribution in [2.24, 2.45) is 11.7 Å². The maximum absolute atomic E-state index is 12.9. The Morgan fingerprint density at radius 2 is 2.29 bits per heavy atom. The molecule has 5 nitrogen and oxygen atoms in total. The van der Waals surface area contributed by atoms with Gasteiger partial charge in [-0.2, -0.15) is 17.0 Å². The van der Waals surface area contributed by atoms with Gasteiger partial charge in [0.2, 0.25) is 0 Å². The SMILES string of the molecule is CC(C)N(Cc1cccs1)S(=O)(=O)N1CCCC(CN)C1.